The van der Waals surface area contributed by atoms with Crippen molar-refractivity contribution in [1.82, 2.24) is 15.1 Å². The van der Waals surface area contributed by atoms with Gasteiger partial charge in [0.2, 0.25) is 5.91 Å². The van der Waals surface area contributed by atoms with Crippen LogP contribution in [0.5, 0.6) is 0 Å². The Bertz CT molecular complexity index is 472. The van der Waals surface area contributed by atoms with Crippen molar-refractivity contribution in [1.29, 1.82) is 0 Å². The molecule has 0 radical (unpaired) electrons. The van der Waals surface area contributed by atoms with E-state index in [1.54, 1.807) is 0 Å². The molecule has 1 aromatic rings. The van der Waals surface area contributed by atoms with E-state index in [4.69, 9.17) is 5.73 Å². The number of amides is 1. The van der Waals surface area contributed by atoms with Crippen LogP contribution in [-0.4, -0.2) is 27.8 Å². The summed E-state index contributed by atoms with van der Waals surface area (Å²) in [5.41, 5.74) is 8.56. The highest BCUT2D eigenvalue weighted by atomic mass is 35.5. The molecular weight excluding hydrogens is 311 g/mol. The van der Waals surface area contributed by atoms with Crippen LogP contribution in [-0.2, 0) is 18.3 Å². The first-order valence-corrected chi connectivity index (χ1v) is 6.69. The van der Waals surface area contributed by atoms with Gasteiger partial charge in [-0.25, -0.2) is 0 Å². The Balaban J connectivity index is 0. The summed E-state index contributed by atoms with van der Waals surface area (Å²) >= 11 is 0. The van der Waals surface area contributed by atoms with Crippen LogP contribution in [0.2, 0.25) is 0 Å². The van der Waals surface area contributed by atoms with Crippen LogP contribution in [0.1, 0.15) is 37.7 Å². The molecule has 0 fully saturated rings. The molecule has 124 valence electrons. The zero-order valence-electron chi connectivity index (χ0n) is 13.7. The average molecular weight is 339 g/mol. The number of hydrogen-bond acceptors (Lipinski definition) is 3. The van der Waals surface area contributed by atoms with E-state index in [0.717, 1.165) is 17.0 Å². The minimum atomic E-state index is -0.357. The van der Waals surface area contributed by atoms with Crippen LogP contribution < -0.4 is 11.1 Å². The summed E-state index contributed by atoms with van der Waals surface area (Å²) in [5.74, 6) is -0.0504. The normalized spacial score (nSPS) is 12.1. The average Bonchev–Trinajstić information content (AvgIpc) is 2.55. The van der Waals surface area contributed by atoms with Crippen molar-refractivity contribution in [2.75, 3.05) is 6.54 Å². The number of carbonyl (C=O) groups is 1. The minimum absolute atomic E-state index is 0. The number of aryl methyl sites for hydroxylation is 2. The summed E-state index contributed by atoms with van der Waals surface area (Å²) < 4.78 is 1.86. The SMILES string of the molecule is Cc1nn(C)c(C)c1CC(C)C(=O)NC(C)(C)CN.Cl.Cl. The lowest BCUT2D eigenvalue weighted by atomic mass is 9.97. The molecule has 0 aromatic carbocycles. The van der Waals surface area contributed by atoms with Crippen LogP contribution in [0.4, 0.5) is 0 Å². The van der Waals surface area contributed by atoms with E-state index >= 15 is 0 Å². The summed E-state index contributed by atoms with van der Waals surface area (Å²) in [7, 11) is 1.92. The molecule has 0 saturated carbocycles. The maximum absolute atomic E-state index is 12.2. The Labute approximate surface area is 139 Å². The van der Waals surface area contributed by atoms with Crippen molar-refractivity contribution in [3.8, 4) is 0 Å². The molecule has 0 spiro atoms. The van der Waals surface area contributed by atoms with Gasteiger partial charge in [-0.1, -0.05) is 6.92 Å². The molecular formula is C14H28Cl2N4O. The summed E-state index contributed by atoms with van der Waals surface area (Å²) in [6, 6.07) is 0. The van der Waals surface area contributed by atoms with Gasteiger partial charge in [0, 0.05) is 30.7 Å². The second-order valence-corrected chi connectivity index (χ2v) is 5.96. The van der Waals surface area contributed by atoms with E-state index < -0.39 is 0 Å². The predicted molar refractivity (Wildman–Crippen MR) is 91.3 cm³/mol. The maximum atomic E-state index is 12.2. The molecule has 3 N–H and O–H groups in total. The van der Waals surface area contributed by atoms with Gasteiger partial charge in [-0.3, -0.25) is 9.48 Å². The lowest BCUT2D eigenvalue weighted by molar-refractivity contribution is -0.126. The Hall–Kier alpha value is -0.780. The zero-order chi connectivity index (χ0) is 14.8. The monoisotopic (exact) mass is 338 g/mol. The van der Waals surface area contributed by atoms with Crippen molar-refractivity contribution < 1.29 is 4.79 Å². The Morgan fingerprint density at radius 1 is 1.38 bits per heavy atom. The molecule has 7 heteroatoms. The lowest BCUT2D eigenvalue weighted by Crippen LogP contribution is -2.50. The van der Waals surface area contributed by atoms with E-state index in [-0.39, 0.29) is 42.2 Å². The van der Waals surface area contributed by atoms with Gasteiger partial charge in [0.15, 0.2) is 0 Å². The molecule has 0 aliphatic heterocycles. The molecule has 0 saturated heterocycles. The van der Waals surface area contributed by atoms with Gasteiger partial charge < -0.3 is 11.1 Å². The number of carbonyl (C=O) groups excluding carboxylic acids is 1. The Morgan fingerprint density at radius 2 is 1.90 bits per heavy atom. The molecule has 1 heterocycles. The third-order valence-corrected chi connectivity index (χ3v) is 3.59. The number of halogens is 2. The van der Waals surface area contributed by atoms with E-state index in [2.05, 4.69) is 10.4 Å². The topological polar surface area (TPSA) is 72.9 Å². The van der Waals surface area contributed by atoms with Crippen LogP contribution in [0.15, 0.2) is 0 Å². The predicted octanol–water partition coefficient (Wildman–Crippen LogP) is 1.91. The first-order chi connectivity index (χ1) is 8.68. The molecule has 1 rings (SSSR count). The molecule has 21 heavy (non-hydrogen) atoms. The Morgan fingerprint density at radius 3 is 2.29 bits per heavy atom. The third kappa shape index (κ3) is 5.85. The molecule has 1 aromatic heterocycles. The molecule has 0 aliphatic rings. The standard InChI is InChI=1S/C14H26N4O.2ClH/c1-9(13(19)16-14(4,5)8-15)7-12-10(2)17-18(6)11(12)3;;/h9H,7-8,15H2,1-6H3,(H,16,19);2*1H. The first kappa shape index (κ1) is 22.5. The summed E-state index contributed by atoms with van der Waals surface area (Å²) in [6.45, 7) is 10.2. The number of nitrogens with two attached hydrogens (primary N) is 1. The van der Waals surface area contributed by atoms with E-state index in [9.17, 15) is 4.79 Å². The highest BCUT2D eigenvalue weighted by Gasteiger charge is 2.23. The number of nitrogens with zero attached hydrogens (tertiary/aromatic N) is 2. The van der Waals surface area contributed by atoms with E-state index in [1.807, 2.05) is 46.3 Å². The van der Waals surface area contributed by atoms with Gasteiger partial charge in [0.1, 0.15) is 0 Å². The quantitative estimate of drug-likeness (QED) is 0.861. The van der Waals surface area contributed by atoms with Crippen LogP contribution in [0, 0.1) is 19.8 Å². The van der Waals surface area contributed by atoms with Crippen LogP contribution in [0.25, 0.3) is 0 Å². The fourth-order valence-electron chi connectivity index (χ4n) is 2.02. The van der Waals surface area contributed by atoms with Crippen molar-refractivity contribution in [3.05, 3.63) is 17.0 Å². The maximum Gasteiger partial charge on any atom is 0.223 e. The number of nitrogens with one attached hydrogen (secondary N) is 1. The number of rotatable bonds is 5. The van der Waals surface area contributed by atoms with Crippen LogP contribution in [0.3, 0.4) is 0 Å². The van der Waals surface area contributed by atoms with Crippen molar-refractivity contribution in [3.63, 3.8) is 0 Å². The van der Waals surface area contributed by atoms with E-state index in [0.29, 0.717) is 13.0 Å². The Kier molecular flexibility index (Phi) is 9.23. The minimum Gasteiger partial charge on any atom is -0.350 e. The van der Waals surface area contributed by atoms with Gasteiger partial charge in [-0.15, -0.1) is 24.8 Å². The van der Waals surface area contributed by atoms with Crippen molar-refractivity contribution in [2.24, 2.45) is 18.7 Å². The van der Waals surface area contributed by atoms with Crippen molar-refractivity contribution in [2.45, 2.75) is 46.6 Å². The number of hydrogen-bond donors (Lipinski definition) is 2. The van der Waals surface area contributed by atoms with Gasteiger partial charge in [-0.05, 0) is 39.7 Å². The smallest absolute Gasteiger partial charge is 0.223 e. The fourth-order valence-corrected chi connectivity index (χ4v) is 2.02. The molecule has 1 amide bonds. The largest absolute Gasteiger partial charge is 0.350 e. The highest BCUT2D eigenvalue weighted by molar-refractivity contribution is 5.85. The lowest BCUT2D eigenvalue weighted by Gasteiger charge is -2.26. The van der Waals surface area contributed by atoms with Crippen LogP contribution >= 0.6 is 24.8 Å². The molecule has 1 unspecified atom stereocenters. The summed E-state index contributed by atoms with van der Waals surface area (Å²) in [5, 5.41) is 7.36. The highest BCUT2D eigenvalue weighted by Crippen LogP contribution is 2.17. The van der Waals surface area contributed by atoms with Gasteiger partial charge in [-0.2, -0.15) is 5.10 Å². The van der Waals surface area contributed by atoms with Gasteiger partial charge in [0.05, 0.1) is 5.69 Å². The van der Waals surface area contributed by atoms with Gasteiger partial charge >= 0.3 is 0 Å². The summed E-state index contributed by atoms with van der Waals surface area (Å²) in [4.78, 5) is 12.2. The summed E-state index contributed by atoms with van der Waals surface area (Å²) in [6.07, 6.45) is 0.706. The fraction of sp³-hybridized carbons (Fsp3) is 0.714. The van der Waals surface area contributed by atoms with Crippen molar-refractivity contribution >= 4 is 30.7 Å². The zero-order valence-corrected chi connectivity index (χ0v) is 15.3. The number of aromatic nitrogens is 2. The molecule has 5 nitrogen and oxygen atoms in total. The van der Waals surface area contributed by atoms with Gasteiger partial charge in [0.25, 0.3) is 0 Å². The second-order valence-electron chi connectivity index (χ2n) is 5.96. The van der Waals surface area contributed by atoms with E-state index in [1.165, 1.54) is 0 Å². The first-order valence-electron chi connectivity index (χ1n) is 6.69. The molecule has 1 atom stereocenters. The molecule has 0 bridgehead atoms. The molecule has 0 aliphatic carbocycles. The second kappa shape index (κ2) is 8.61. The third-order valence-electron chi connectivity index (χ3n) is 3.59.